The van der Waals surface area contributed by atoms with Crippen LogP contribution in [0.1, 0.15) is 32.5 Å². The van der Waals surface area contributed by atoms with Crippen molar-refractivity contribution in [2.24, 2.45) is 0 Å². The van der Waals surface area contributed by atoms with E-state index in [4.69, 9.17) is 11.6 Å². The van der Waals surface area contributed by atoms with Gasteiger partial charge in [-0.05, 0) is 60.1 Å². The number of thioether (sulfide) groups is 2. The second-order valence-corrected chi connectivity index (χ2v) is 9.23. The molecule has 0 bridgehead atoms. The Bertz CT molecular complexity index is 773. The van der Waals surface area contributed by atoms with E-state index in [-0.39, 0.29) is 15.6 Å². The molecule has 0 radical (unpaired) electrons. The molecule has 0 spiro atoms. The maximum atomic E-state index is 12.7. The summed E-state index contributed by atoms with van der Waals surface area (Å²) in [6.45, 7) is -2.88. The van der Waals surface area contributed by atoms with Crippen LogP contribution in [-0.2, 0) is 6.42 Å². The first kappa shape index (κ1) is 19.5. The van der Waals surface area contributed by atoms with E-state index in [2.05, 4.69) is 10.8 Å². The zero-order chi connectivity index (χ0) is 18.5. The van der Waals surface area contributed by atoms with Crippen LogP contribution >= 0.6 is 35.1 Å². The van der Waals surface area contributed by atoms with Gasteiger partial charge < -0.3 is 4.74 Å². The molecule has 26 heavy (non-hydrogen) atoms. The van der Waals surface area contributed by atoms with Crippen molar-refractivity contribution in [3.63, 3.8) is 0 Å². The lowest BCUT2D eigenvalue weighted by atomic mass is 10.0. The molecule has 2 unspecified atom stereocenters. The highest BCUT2D eigenvalue weighted by Gasteiger charge is 2.26. The molecule has 0 N–H and O–H groups in total. The molecule has 1 aliphatic heterocycles. The van der Waals surface area contributed by atoms with E-state index in [1.165, 1.54) is 12.1 Å². The number of benzene rings is 2. The zero-order valence-electron chi connectivity index (χ0n) is 13.7. The van der Waals surface area contributed by atoms with Crippen molar-refractivity contribution in [3.05, 3.63) is 64.2 Å². The van der Waals surface area contributed by atoms with Crippen molar-refractivity contribution >= 4 is 41.4 Å². The SMILES string of the molecule is O=Cc1ccc(OC(F)F)c(CC2CCSC(c3cccc(Cl)c3)S2)c1. The molecule has 0 saturated carbocycles. The summed E-state index contributed by atoms with van der Waals surface area (Å²) >= 11 is 9.75. The first-order valence-corrected chi connectivity index (χ1v) is 10.5. The van der Waals surface area contributed by atoms with Crippen molar-refractivity contribution in [2.75, 3.05) is 5.75 Å². The molecule has 2 nitrogen and oxygen atoms in total. The highest BCUT2D eigenvalue weighted by atomic mass is 35.5. The topological polar surface area (TPSA) is 26.3 Å². The minimum absolute atomic E-state index is 0.142. The monoisotopic (exact) mass is 414 g/mol. The molecule has 0 aromatic heterocycles. The lowest BCUT2D eigenvalue weighted by molar-refractivity contribution is -0.0504. The first-order chi connectivity index (χ1) is 12.5. The molecular formula is C19H17ClF2O2S2. The zero-order valence-corrected chi connectivity index (χ0v) is 16.1. The van der Waals surface area contributed by atoms with Gasteiger partial charge in [-0.15, -0.1) is 23.5 Å². The van der Waals surface area contributed by atoms with Crippen LogP contribution in [0.15, 0.2) is 42.5 Å². The van der Waals surface area contributed by atoms with Crippen LogP contribution < -0.4 is 4.74 Å². The Labute approximate surface area is 164 Å². The average molecular weight is 415 g/mol. The average Bonchev–Trinajstić information content (AvgIpc) is 2.63. The number of ether oxygens (including phenoxy) is 1. The summed E-state index contributed by atoms with van der Waals surface area (Å²) in [5.41, 5.74) is 2.26. The molecule has 7 heteroatoms. The molecule has 138 valence electrons. The summed E-state index contributed by atoms with van der Waals surface area (Å²) in [5, 5.41) is 0.958. The van der Waals surface area contributed by atoms with Crippen molar-refractivity contribution < 1.29 is 18.3 Å². The van der Waals surface area contributed by atoms with Gasteiger partial charge in [0.2, 0.25) is 0 Å². The second-order valence-electron chi connectivity index (χ2n) is 5.87. The van der Waals surface area contributed by atoms with E-state index >= 15 is 0 Å². The lowest BCUT2D eigenvalue weighted by Crippen LogP contribution is -2.16. The van der Waals surface area contributed by atoms with Crippen molar-refractivity contribution in [2.45, 2.75) is 29.3 Å². The maximum Gasteiger partial charge on any atom is 0.387 e. The summed E-state index contributed by atoms with van der Waals surface area (Å²) in [6.07, 6.45) is 2.26. The van der Waals surface area contributed by atoms with E-state index in [1.807, 2.05) is 30.0 Å². The Hall–Kier alpha value is -1.24. The fourth-order valence-corrected chi connectivity index (χ4v) is 6.43. The third-order valence-corrected chi connectivity index (χ3v) is 7.36. The smallest absolute Gasteiger partial charge is 0.387 e. The summed E-state index contributed by atoms with van der Waals surface area (Å²) in [7, 11) is 0. The number of carbonyl (C=O) groups excluding carboxylic acids is 1. The molecule has 1 saturated heterocycles. The Morgan fingerprint density at radius 1 is 1.27 bits per heavy atom. The Morgan fingerprint density at radius 3 is 2.85 bits per heavy atom. The highest BCUT2D eigenvalue weighted by molar-refractivity contribution is 8.17. The number of alkyl halides is 2. The summed E-state index contributed by atoms with van der Waals surface area (Å²) in [5.74, 6) is 1.12. The Morgan fingerprint density at radius 2 is 2.12 bits per heavy atom. The minimum Gasteiger partial charge on any atom is -0.435 e. The van der Waals surface area contributed by atoms with E-state index in [0.29, 0.717) is 28.9 Å². The van der Waals surface area contributed by atoms with Gasteiger partial charge in [-0.2, -0.15) is 8.78 Å². The summed E-state index contributed by atoms with van der Waals surface area (Å²) in [6, 6.07) is 12.4. The predicted molar refractivity (Wildman–Crippen MR) is 105 cm³/mol. The fourth-order valence-electron chi connectivity index (χ4n) is 2.86. The van der Waals surface area contributed by atoms with Gasteiger partial charge in [0.05, 0.1) is 4.58 Å². The molecule has 1 heterocycles. The number of carbonyl (C=O) groups is 1. The molecule has 0 amide bonds. The molecular weight excluding hydrogens is 398 g/mol. The quantitative estimate of drug-likeness (QED) is 0.523. The van der Waals surface area contributed by atoms with Crippen LogP contribution in [0.4, 0.5) is 8.78 Å². The molecule has 1 aliphatic rings. The summed E-state index contributed by atoms with van der Waals surface area (Å²) in [4.78, 5) is 11.0. The molecule has 1 fully saturated rings. The third kappa shape index (κ3) is 5.15. The maximum absolute atomic E-state index is 12.7. The van der Waals surface area contributed by atoms with Crippen molar-refractivity contribution in [3.8, 4) is 5.75 Å². The van der Waals surface area contributed by atoms with Crippen molar-refractivity contribution in [1.82, 2.24) is 0 Å². The van der Waals surface area contributed by atoms with Crippen LogP contribution in [0.2, 0.25) is 5.02 Å². The lowest BCUT2D eigenvalue weighted by Gasteiger charge is -2.29. The second kappa shape index (κ2) is 9.11. The molecule has 3 rings (SSSR count). The van der Waals surface area contributed by atoms with Crippen LogP contribution in [0.25, 0.3) is 0 Å². The van der Waals surface area contributed by atoms with Crippen LogP contribution in [0, 0.1) is 0 Å². The van der Waals surface area contributed by atoms with Crippen LogP contribution in [0.3, 0.4) is 0 Å². The van der Waals surface area contributed by atoms with Crippen LogP contribution in [-0.4, -0.2) is 23.9 Å². The molecule has 2 aromatic carbocycles. The van der Waals surface area contributed by atoms with Gasteiger partial charge in [0.1, 0.15) is 12.0 Å². The minimum atomic E-state index is -2.88. The van der Waals surface area contributed by atoms with E-state index in [1.54, 1.807) is 17.8 Å². The van der Waals surface area contributed by atoms with Gasteiger partial charge in [-0.25, -0.2) is 0 Å². The Kier molecular flexibility index (Phi) is 6.84. The van der Waals surface area contributed by atoms with E-state index in [9.17, 15) is 13.6 Å². The van der Waals surface area contributed by atoms with Crippen LogP contribution in [0.5, 0.6) is 5.75 Å². The van der Waals surface area contributed by atoms with Gasteiger partial charge >= 0.3 is 6.61 Å². The normalized spacial score (nSPS) is 20.2. The molecule has 2 atom stereocenters. The van der Waals surface area contributed by atoms with Gasteiger partial charge in [-0.1, -0.05) is 23.7 Å². The van der Waals surface area contributed by atoms with Gasteiger partial charge in [0.25, 0.3) is 0 Å². The molecule has 0 aliphatic carbocycles. The van der Waals surface area contributed by atoms with E-state index in [0.717, 1.165) is 17.7 Å². The number of rotatable bonds is 6. The standard InChI is InChI=1S/C19H17ClF2O2S2/c20-15-3-1-2-13(9-15)18-25-7-6-16(26-18)10-14-8-12(11-23)4-5-17(14)24-19(21)22/h1-5,8-9,11,16,18-19H,6-7,10H2. The highest BCUT2D eigenvalue weighted by Crippen LogP contribution is 2.48. The van der Waals surface area contributed by atoms with Crippen molar-refractivity contribution in [1.29, 1.82) is 0 Å². The van der Waals surface area contributed by atoms with Gasteiger partial charge in [-0.3, -0.25) is 4.79 Å². The summed E-state index contributed by atoms with van der Waals surface area (Å²) < 4.78 is 30.2. The number of hydrogen-bond donors (Lipinski definition) is 0. The number of halogens is 3. The van der Waals surface area contributed by atoms with Gasteiger partial charge in [0.15, 0.2) is 0 Å². The predicted octanol–water partition coefficient (Wildman–Crippen LogP) is 6.23. The number of aldehydes is 1. The first-order valence-electron chi connectivity index (χ1n) is 8.10. The van der Waals surface area contributed by atoms with E-state index < -0.39 is 6.61 Å². The van der Waals surface area contributed by atoms with Gasteiger partial charge in [0, 0.05) is 15.8 Å². The number of hydrogen-bond acceptors (Lipinski definition) is 4. The third-order valence-electron chi connectivity index (χ3n) is 4.03. The fraction of sp³-hybridized carbons (Fsp3) is 0.316. The largest absolute Gasteiger partial charge is 0.435 e. The Balaban J connectivity index is 1.76. The molecule has 2 aromatic rings.